The Morgan fingerprint density at radius 1 is 1.25 bits per heavy atom. The molecule has 0 radical (unpaired) electrons. The van der Waals surface area contributed by atoms with Gasteiger partial charge >= 0.3 is 0 Å². The third kappa shape index (κ3) is 2.41. The summed E-state index contributed by atoms with van der Waals surface area (Å²) in [5.74, 6) is 0.382. The molecular weight excluding hydrogens is 252 g/mol. The second kappa shape index (κ2) is 5.41. The first-order valence-corrected chi connectivity index (χ1v) is 6.61. The highest BCUT2D eigenvalue weighted by Gasteiger charge is 2.20. The Hall–Kier alpha value is -2.23. The monoisotopic (exact) mass is 272 g/mol. The molecule has 1 amide bonds. The number of nitrogens with zero attached hydrogens (tertiary/aromatic N) is 1. The number of hydrogen-bond donors (Lipinski definition) is 1. The van der Waals surface area contributed by atoms with Crippen LogP contribution in [-0.4, -0.2) is 17.6 Å². The number of aryl methyl sites for hydroxylation is 1. The van der Waals surface area contributed by atoms with Crippen LogP contribution in [0.4, 0.5) is 0 Å². The van der Waals surface area contributed by atoms with Crippen molar-refractivity contribution in [2.75, 3.05) is 7.11 Å². The average molecular weight is 272 g/mol. The van der Waals surface area contributed by atoms with Crippen molar-refractivity contribution in [1.29, 1.82) is 0 Å². The zero-order valence-corrected chi connectivity index (χ0v) is 12.3. The maximum Gasteiger partial charge on any atom is 0.265 e. The first kappa shape index (κ1) is 14.2. The van der Waals surface area contributed by atoms with Crippen molar-refractivity contribution in [3.05, 3.63) is 41.7 Å². The summed E-state index contributed by atoms with van der Waals surface area (Å²) in [5.41, 5.74) is 9.04. The van der Waals surface area contributed by atoms with E-state index in [-0.39, 0.29) is 6.04 Å². The van der Waals surface area contributed by atoms with E-state index in [1.165, 1.54) is 0 Å². The van der Waals surface area contributed by atoms with Gasteiger partial charge in [0.1, 0.15) is 11.4 Å². The molecule has 106 valence electrons. The molecular formula is C16H20N2O2. The van der Waals surface area contributed by atoms with E-state index in [0.717, 1.165) is 22.4 Å². The van der Waals surface area contributed by atoms with Crippen molar-refractivity contribution in [3.8, 4) is 16.9 Å². The number of primary amides is 1. The van der Waals surface area contributed by atoms with Crippen LogP contribution in [0.2, 0.25) is 0 Å². The van der Waals surface area contributed by atoms with Crippen molar-refractivity contribution in [2.45, 2.75) is 26.8 Å². The second-order valence-corrected chi connectivity index (χ2v) is 5.13. The molecule has 0 aliphatic rings. The molecule has 1 heterocycles. The fourth-order valence-electron chi connectivity index (χ4n) is 2.43. The summed E-state index contributed by atoms with van der Waals surface area (Å²) < 4.78 is 7.09. The molecule has 2 rings (SSSR count). The Balaban J connectivity index is 2.63. The number of benzene rings is 1. The molecule has 0 saturated carbocycles. The molecule has 0 spiro atoms. The third-order valence-electron chi connectivity index (χ3n) is 3.39. The number of hydrogen-bond acceptors (Lipinski definition) is 2. The zero-order chi connectivity index (χ0) is 14.9. The molecule has 0 fully saturated rings. The SMILES string of the molecule is COc1ccc(-c2c(C)cn(C(C)C)c2C(N)=O)cc1. The van der Waals surface area contributed by atoms with Gasteiger partial charge in [0, 0.05) is 17.8 Å². The summed E-state index contributed by atoms with van der Waals surface area (Å²) in [6, 6.07) is 7.83. The fraction of sp³-hybridized carbons (Fsp3) is 0.312. The molecule has 2 aromatic rings. The molecule has 0 aliphatic carbocycles. The molecule has 4 heteroatoms. The minimum atomic E-state index is -0.405. The minimum Gasteiger partial charge on any atom is -0.497 e. The van der Waals surface area contributed by atoms with Crippen LogP contribution >= 0.6 is 0 Å². The number of carbonyl (C=O) groups excluding carboxylic acids is 1. The topological polar surface area (TPSA) is 57.2 Å². The predicted molar refractivity (Wildman–Crippen MR) is 80.1 cm³/mol. The molecule has 0 atom stereocenters. The van der Waals surface area contributed by atoms with Gasteiger partial charge in [0.05, 0.1) is 7.11 Å². The number of amides is 1. The molecule has 2 N–H and O–H groups in total. The van der Waals surface area contributed by atoms with Gasteiger partial charge in [0.25, 0.3) is 5.91 Å². The van der Waals surface area contributed by atoms with Crippen LogP contribution in [0.15, 0.2) is 30.5 Å². The third-order valence-corrected chi connectivity index (χ3v) is 3.39. The van der Waals surface area contributed by atoms with Gasteiger partial charge in [-0.1, -0.05) is 12.1 Å². The Kier molecular flexibility index (Phi) is 3.84. The molecule has 0 saturated heterocycles. The van der Waals surface area contributed by atoms with Gasteiger partial charge in [-0.2, -0.15) is 0 Å². The van der Waals surface area contributed by atoms with Crippen molar-refractivity contribution in [1.82, 2.24) is 4.57 Å². The highest BCUT2D eigenvalue weighted by atomic mass is 16.5. The lowest BCUT2D eigenvalue weighted by molar-refractivity contribution is 0.0990. The van der Waals surface area contributed by atoms with Crippen LogP contribution in [0.5, 0.6) is 5.75 Å². The van der Waals surface area contributed by atoms with Gasteiger partial charge < -0.3 is 15.0 Å². The maximum atomic E-state index is 11.8. The average Bonchev–Trinajstić information content (AvgIpc) is 2.77. The summed E-state index contributed by atoms with van der Waals surface area (Å²) in [4.78, 5) is 11.8. The van der Waals surface area contributed by atoms with Crippen molar-refractivity contribution < 1.29 is 9.53 Å². The van der Waals surface area contributed by atoms with E-state index in [9.17, 15) is 4.79 Å². The number of nitrogens with two attached hydrogens (primary N) is 1. The van der Waals surface area contributed by atoms with Gasteiger partial charge in [-0.15, -0.1) is 0 Å². The summed E-state index contributed by atoms with van der Waals surface area (Å²) in [7, 11) is 1.63. The molecule has 20 heavy (non-hydrogen) atoms. The quantitative estimate of drug-likeness (QED) is 0.929. The lowest BCUT2D eigenvalue weighted by Gasteiger charge is -2.12. The number of rotatable bonds is 4. The van der Waals surface area contributed by atoms with E-state index in [1.807, 2.05) is 55.8 Å². The number of ether oxygens (including phenoxy) is 1. The molecule has 1 aromatic heterocycles. The van der Waals surface area contributed by atoms with E-state index >= 15 is 0 Å². The first-order valence-electron chi connectivity index (χ1n) is 6.61. The summed E-state index contributed by atoms with van der Waals surface area (Å²) >= 11 is 0. The highest BCUT2D eigenvalue weighted by molar-refractivity contribution is 5.99. The van der Waals surface area contributed by atoms with E-state index in [2.05, 4.69) is 0 Å². The molecule has 1 aromatic carbocycles. The largest absolute Gasteiger partial charge is 0.497 e. The predicted octanol–water partition coefficient (Wildman–Crippen LogP) is 3.15. The van der Waals surface area contributed by atoms with Gasteiger partial charge in [-0.3, -0.25) is 4.79 Å². The van der Waals surface area contributed by atoms with Crippen LogP contribution in [0.1, 0.15) is 35.9 Å². The Morgan fingerprint density at radius 2 is 1.85 bits per heavy atom. The van der Waals surface area contributed by atoms with E-state index in [4.69, 9.17) is 10.5 Å². The lowest BCUT2D eigenvalue weighted by Crippen LogP contribution is -2.18. The molecule has 0 aliphatic heterocycles. The summed E-state index contributed by atoms with van der Waals surface area (Å²) in [6.07, 6.45) is 1.98. The Morgan fingerprint density at radius 3 is 2.30 bits per heavy atom. The van der Waals surface area contributed by atoms with Gasteiger partial charge in [0.2, 0.25) is 0 Å². The smallest absolute Gasteiger partial charge is 0.265 e. The maximum absolute atomic E-state index is 11.8. The molecule has 0 unspecified atom stereocenters. The first-order chi connectivity index (χ1) is 9.45. The Labute approximate surface area is 119 Å². The van der Waals surface area contributed by atoms with E-state index in [1.54, 1.807) is 7.11 Å². The van der Waals surface area contributed by atoms with Crippen LogP contribution in [0.3, 0.4) is 0 Å². The standard InChI is InChI=1S/C16H20N2O2/c1-10(2)18-9-11(3)14(15(18)16(17)19)12-5-7-13(20-4)8-6-12/h5-10H,1-4H3,(H2,17,19). The van der Waals surface area contributed by atoms with Crippen molar-refractivity contribution >= 4 is 5.91 Å². The summed E-state index contributed by atoms with van der Waals surface area (Å²) in [5, 5.41) is 0. The number of carbonyl (C=O) groups is 1. The number of aromatic nitrogens is 1. The van der Waals surface area contributed by atoms with Crippen LogP contribution in [0.25, 0.3) is 11.1 Å². The van der Waals surface area contributed by atoms with Crippen LogP contribution in [-0.2, 0) is 0 Å². The van der Waals surface area contributed by atoms with Crippen molar-refractivity contribution in [3.63, 3.8) is 0 Å². The van der Waals surface area contributed by atoms with Gasteiger partial charge in [0.15, 0.2) is 0 Å². The van der Waals surface area contributed by atoms with Crippen LogP contribution in [0, 0.1) is 6.92 Å². The zero-order valence-electron chi connectivity index (χ0n) is 12.3. The second-order valence-electron chi connectivity index (χ2n) is 5.13. The fourth-order valence-corrected chi connectivity index (χ4v) is 2.43. The lowest BCUT2D eigenvalue weighted by atomic mass is 10.0. The van der Waals surface area contributed by atoms with E-state index < -0.39 is 5.91 Å². The Bertz CT molecular complexity index is 625. The van der Waals surface area contributed by atoms with Gasteiger partial charge in [-0.25, -0.2) is 0 Å². The number of methoxy groups -OCH3 is 1. The molecule has 4 nitrogen and oxygen atoms in total. The summed E-state index contributed by atoms with van der Waals surface area (Å²) in [6.45, 7) is 6.05. The van der Waals surface area contributed by atoms with Gasteiger partial charge in [-0.05, 0) is 44.0 Å². The normalized spacial score (nSPS) is 10.8. The highest BCUT2D eigenvalue weighted by Crippen LogP contribution is 2.32. The van der Waals surface area contributed by atoms with E-state index in [0.29, 0.717) is 5.69 Å². The van der Waals surface area contributed by atoms with Crippen LogP contribution < -0.4 is 10.5 Å². The molecule has 0 bridgehead atoms. The minimum absolute atomic E-state index is 0.184. The van der Waals surface area contributed by atoms with Crippen molar-refractivity contribution in [2.24, 2.45) is 5.73 Å².